The minimum absolute atomic E-state index is 0.0565. The summed E-state index contributed by atoms with van der Waals surface area (Å²) in [7, 11) is -3.35. The fourth-order valence-corrected chi connectivity index (χ4v) is 8.38. The number of hydrogen-bond acceptors (Lipinski definition) is 7. The van der Waals surface area contributed by atoms with E-state index >= 15 is 0 Å². The van der Waals surface area contributed by atoms with Crippen LogP contribution in [0.4, 0.5) is 13.2 Å². The molecular formula is C59H63F3N2O7S. The third kappa shape index (κ3) is 17.3. The highest BCUT2D eigenvalue weighted by Crippen LogP contribution is 2.54. The molecular weight excluding hydrogens is 938 g/mol. The van der Waals surface area contributed by atoms with Crippen LogP contribution in [0.15, 0.2) is 180 Å². The lowest BCUT2D eigenvalue weighted by Gasteiger charge is -2.14. The van der Waals surface area contributed by atoms with Crippen LogP contribution in [0.2, 0.25) is 0 Å². The first-order chi connectivity index (χ1) is 34.2. The van der Waals surface area contributed by atoms with Gasteiger partial charge in [-0.3, -0.25) is 19.4 Å². The van der Waals surface area contributed by atoms with Gasteiger partial charge in [0.25, 0.3) is 0 Å². The molecule has 3 fully saturated rings. The van der Waals surface area contributed by atoms with Crippen molar-refractivity contribution in [1.82, 2.24) is 5.32 Å². The number of carbonyl (C=O) groups excluding carboxylic acids is 2. The minimum Gasteiger partial charge on any atom is -0.481 e. The van der Waals surface area contributed by atoms with Gasteiger partial charge in [0, 0.05) is 17.7 Å². The average molecular weight is 1000 g/mol. The van der Waals surface area contributed by atoms with Crippen LogP contribution in [0.25, 0.3) is 24.3 Å². The van der Waals surface area contributed by atoms with Gasteiger partial charge in [-0.1, -0.05) is 182 Å². The highest BCUT2D eigenvalue weighted by molar-refractivity contribution is 7.91. The molecule has 3 aliphatic rings. The number of carboxylic acid groups (broad SMARTS) is 1. The van der Waals surface area contributed by atoms with Gasteiger partial charge in [0.05, 0.1) is 22.3 Å². The number of ether oxygens (including phenoxy) is 1. The summed E-state index contributed by atoms with van der Waals surface area (Å²) in [6.07, 6.45) is 14.4. The number of alkyl halides is 3. The molecule has 1 amide bonds. The first-order valence-electron chi connectivity index (χ1n) is 23.7. The number of rotatable bonds is 15. The third-order valence-electron chi connectivity index (χ3n) is 12.7. The highest BCUT2D eigenvalue weighted by atomic mass is 32.2. The van der Waals surface area contributed by atoms with Crippen LogP contribution in [0.5, 0.6) is 0 Å². The number of amides is 1. The molecule has 6 unspecified atom stereocenters. The van der Waals surface area contributed by atoms with E-state index in [0.29, 0.717) is 23.8 Å². The van der Waals surface area contributed by atoms with Crippen molar-refractivity contribution in [3.8, 4) is 0 Å². The monoisotopic (exact) mass is 1000 g/mol. The molecule has 0 aliphatic heterocycles. The largest absolute Gasteiger partial charge is 0.481 e. The topological polar surface area (TPSA) is 139 Å². The predicted octanol–water partition coefficient (Wildman–Crippen LogP) is 12.8. The lowest BCUT2D eigenvalue weighted by Crippen LogP contribution is -2.44. The summed E-state index contributed by atoms with van der Waals surface area (Å²) >= 11 is 0. The minimum atomic E-state index is -4.82. The maximum absolute atomic E-state index is 12.2. The lowest BCUT2D eigenvalue weighted by molar-refractivity contribution is -0.174. The zero-order valence-corrected chi connectivity index (χ0v) is 42.0. The summed E-state index contributed by atoms with van der Waals surface area (Å²) in [4.78, 5) is 37.7. The molecule has 6 atom stereocenters. The van der Waals surface area contributed by atoms with Gasteiger partial charge in [-0.05, 0) is 106 Å². The Hall–Kier alpha value is -7.12. The van der Waals surface area contributed by atoms with Crippen LogP contribution in [0, 0.1) is 35.5 Å². The number of aliphatic imine (C=N–C) groups is 1. The number of aryl methyl sites for hydroxylation is 1. The quantitative estimate of drug-likeness (QED) is 0.0786. The number of allylic oxidation sites excluding steroid dienone is 3. The van der Waals surface area contributed by atoms with Crippen molar-refractivity contribution in [2.45, 2.75) is 70.5 Å². The van der Waals surface area contributed by atoms with Gasteiger partial charge >= 0.3 is 24.0 Å². The second-order valence-electron chi connectivity index (χ2n) is 18.6. The van der Waals surface area contributed by atoms with E-state index in [1.807, 2.05) is 166 Å². The molecule has 0 radical (unpaired) electrons. The molecule has 2 N–H and O–H groups in total. The van der Waals surface area contributed by atoms with Gasteiger partial charge in [0.15, 0.2) is 9.84 Å². The summed E-state index contributed by atoms with van der Waals surface area (Å²) in [6, 6.07) is 46.1. The Morgan fingerprint density at radius 2 is 1.07 bits per heavy atom. The van der Waals surface area contributed by atoms with Crippen molar-refractivity contribution in [2.24, 2.45) is 33.6 Å². The number of carbonyl (C=O) groups is 3. The second kappa shape index (κ2) is 25.3. The van der Waals surface area contributed by atoms with E-state index in [9.17, 15) is 36.0 Å². The molecule has 9 nitrogen and oxygen atoms in total. The van der Waals surface area contributed by atoms with Crippen LogP contribution in [0.1, 0.15) is 74.8 Å². The molecule has 0 saturated heterocycles. The van der Waals surface area contributed by atoms with E-state index in [-0.39, 0.29) is 29.1 Å². The normalized spacial score (nSPS) is 23.0. The summed E-state index contributed by atoms with van der Waals surface area (Å²) in [5.41, 5.74) is 3.76. The highest BCUT2D eigenvalue weighted by Gasteiger charge is 2.56. The van der Waals surface area contributed by atoms with E-state index in [1.165, 1.54) is 11.8 Å². The Balaban J connectivity index is 0.000000179. The Labute approximate surface area is 421 Å². The summed E-state index contributed by atoms with van der Waals surface area (Å²) in [5, 5.41) is 11.0. The molecule has 0 heterocycles. The molecule has 3 saturated carbocycles. The molecule has 3 aliphatic carbocycles. The van der Waals surface area contributed by atoms with Crippen LogP contribution in [-0.2, 0) is 29.0 Å². The van der Waals surface area contributed by atoms with Crippen molar-refractivity contribution in [3.05, 3.63) is 198 Å². The first kappa shape index (κ1) is 55.8. The van der Waals surface area contributed by atoms with Gasteiger partial charge in [-0.15, -0.1) is 0 Å². The smallest absolute Gasteiger partial charge is 0.471 e. The molecule has 72 heavy (non-hydrogen) atoms. The number of hydrogen-bond donors (Lipinski definition) is 2. The number of carboxylic acids is 1. The maximum atomic E-state index is 12.2. The Kier molecular flexibility index (Phi) is 19.6. The fraction of sp³-hybridized carbons (Fsp3) is 0.288. The maximum Gasteiger partial charge on any atom is 0.471 e. The van der Waals surface area contributed by atoms with Crippen molar-refractivity contribution < 1.29 is 45.8 Å². The van der Waals surface area contributed by atoms with Crippen molar-refractivity contribution in [3.63, 3.8) is 0 Å². The van der Waals surface area contributed by atoms with E-state index < -0.39 is 38.8 Å². The fourth-order valence-electron chi connectivity index (χ4n) is 7.40. The first-order valence-corrected chi connectivity index (χ1v) is 25.3. The Morgan fingerprint density at radius 3 is 1.49 bits per heavy atom. The number of sulfone groups is 1. The molecule has 0 aromatic heterocycles. The molecule has 378 valence electrons. The van der Waals surface area contributed by atoms with Crippen molar-refractivity contribution in [1.29, 1.82) is 0 Å². The Morgan fingerprint density at radius 1 is 0.653 bits per heavy atom. The van der Waals surface area contributed by atoms with Crippen molar-refractivity contribution >= 4 is 58.2 Å². The molecule has 0 bridgehead atoms. The van der Waals surface area contributed by atoms with Crippen LogP contribution in [0.3, 0.4) is 0 Å². The zero-order valence-electron chi connectivity index (χ0n) is 41.2. The lowest BCUT2D eigenvalue weighted by atomic mass is 10.1. The van der Waals surface area contributed by atoms with Gasteiger partial charge in [0.2, 0.25) is 0 Å². The number of halogens is 3. The van der Waals surface area contributed by atoms with Gasteiger partial charge in [-0.2, -0.15) is 13.2 Å². The van der Waals surface area contributed by atoms with Crippen LogP contribution < -0.4 is 5.32 Å². The molecule has 13 heteroatoms. The number of nitrogens with zero attached hydrogens (tertiary/aromatic N) is 1. The second-order valence-corrected chi connectivity index (χ2v) is 20.6. The van der Waals surface area contributed by atoms with E-state index in [1.54, 1.807) is 44.2 Å². The van der Waals surface area contributed by atoms with Gasteiger partial charge in [0.1, 0.15) is 5.88 Å². The van der Waals surface area contributed by atoms with Crippen molar-refractivity contribution in [2.75, 3.05) is 12.5 Å². The number of aliphatic carboxylic acids is 1. The van der Waals surface area contributed by atoms with E-state index in [2.05, 4.69) is 29.3 Å². The molecule has 5 aromatic rings. The number of benzene rings is 5. The third-order valence-corrected chi connectivity index (χ3v) is 14.1. The van der Waals surface area contributed by atoms with E-state index in [4.69, 9.17) is 9.84 Å². The van der Waals surface area contributed by atoms with E-state index in [0.717, 1.165) is 35.1 Å². The van der Waals surface area contributed by atoms with Gasteiger partial charge < -0.3 is 15.2 Å². The SMILES string of the molecule is CC1(C(=O)O)CC1/C=C/c1ccccc1.CC1(NC(=O)C(F)(F)F)CC1/C=C/c1ccccc1.CCOC(=O)C1(C)CC1/C=C/c1ccccc1.Cc1ccc(S(=O)(=O)CN=C/C=C/c2ccccc2)cc1. The molecule has 8 rings (SSSR count). The average Bonchev–Trinajstić information content (AvgIpc) is 4.33. The zero-order chi connectivity index (χ0) is 52.4. The predicted molar refractivity (Wildman–Crippen MR) is 281 cm³/mol. The summed E-state index contributed by atoms with van der Waals surface area (Å²) in [5.74, 6) is -2.41. The summed E-state index contributed by atoms with van der Waals surface area (Å²) in [6.45, 7) is 9.63. The van der Waals surface area contributed by atoms with Gasteiger partial charge in [-0.25, -0.2) is 8.42 Å². The Bertz CT molecular complexity index is 2820. The number of esters is 1. The molecule has 0 spiro atoms. The summed E-state index contributed by atoms with van der Waals surface area (Å²) < 4.78 is 65.6. The van der Waals surface area contributed by atoms with Crippen LogP contribution >= 0.6 is 0 Å². The standard InChI is InChI=1S/C17H17NO2S.C15H18O2.C14H14F3NO.C13H14O2/c1-15-9-11-17(12-10-15)21(19,20)14-18-13-5-8-16-6-3-2-4-7-16;1-3-17-14(16)15(2)11-13(15)10-9-12-7-5-4-6-8-12;1-13(18-12(19)14(15,16)17)9-11(13)8-7-10-5-3-2-4-6-10;1-13(12(14)15)9-11(13)8-7-10-5-3-2-4-6-10/h2-13H,14H2,1H3;4-10,13H,3,11H2,1-2H3;2-8,11H,9H2,1H3,(H,18,19);2-8,11H,9H2,1H3,(H,14,15)/b8-5+,18-13?;10-9+;2*8-7+. The number of nitrogens with one attached hydrogen (secondary N) is 1. The molecule has 5 aromatic carbocycles. The van der Waals surface area contributed by atoms with Crippen LogP contribution in [-0.4, -0.2) is 61.8 Å².